The molecule has 0 atom stereocenters. The molecular formula is C15H14N2O4. The molecule has 2 rings (SSSR count). The van der Waals surface area contributed by atoms with Crippen LogP contribution in [-0.4, -0.2) is 27.1 Å². The lowest BCUT2D eigenvalue weighted by Gasteiger charge is -2.06. The Kier molecular flexibility index (Phi) is 4.50. The highest BCUT2D eigenvalue weighted by molar-refractivity contribution is 5.92. The largest absolute Gasteiger partial charge is 0.508 e. The lowest BCUT2D eigenvalue weighted by atomic mass is 10.1. The van der Waals surface area contributed by atoms with E-state index in [-0.39, 0.29) is 24.5 Å². The van der Waals surface area contributed by atoms with Crippen LogP contribution in [0.1, 0.15) is 11.3 Å². The molecule has 0 bridgehead atoms. The Hall–Kier alpha value is -2.89. The molecule has 6 heteroatoms. The number of carboxylic acid groups (broad SMARTS) is 1. The minimum Gasteiger partial charge on any atom is -0.508 e. The van der Waals surface area contributed by atoms with Gasteiger partial charge in [0.15, 0.2) is 0 Å². The molecule has 0 unspecified atom stereocenters. The fraction of sp³-hybridized carbons (Fsp3) is 0.133. The summed E-state index contributed by atoms with van der Waals surface area (Å²) in [6.45, 7) is 0. The van der Waals surface area contributed by atoms with Crippen molar-refractivity contribution in [3.05, 3.63) is 53.9 Å². The van der Waals surface area contributed by atoms with Gasteiger partial charge in [-0.25, -0.2) is 0 Å². The van der Waals surface area contributed by atoms with Crippen molar-refractivity contribution >= 4 is 17.6 Å². The molecule has 2 aromatic rings. The molecule has 0 spiro atoms. The zero-order valence-corrected chi connectivity index (χ0v) is 11.1. The molecular weight excluding hydrogens is 272 g/mol. The fourth-order valence-electron chi connectivity index (χ4n) is 1.81. The summed E-state index contributed by atoms with van der Waals surface area (Å²) in [5.74, 6) is -1.09. The lowest BCUT2D eigenvalue weighted by molar-refractivity contribution is -0.136. The van der Waals surface area contributed by atoms with Crippen LogP contribution in [0.4, 0.5) is 5.69 Å². The number of anilines is 1. The number of nitrogens with one attached hydrogen (secondary N) is 1. The Bertz CT molecular complexity index is 653. The molecule has 0 saturated carbocycles. The third-order valence-electron chi connectivity index (χ3n) is 2.72. The number of carbonyl (C=O) groups is 2. The van der Waals surface area contributed by atoms with Crippen molar-refractivity contribution in [3.63, 3.8) is 0 Å². The number of hydrogen-bond donors (Lipinski definition) is 3. The van der Waals surface area contributed by atoms with E-state index in [1.165, 1.54) is 18.3 Å². The number of nitrogens with zero attached hydrogens (tertiary/aromatic N) is 1. The van der Waals surface area contributed by atoms with E-state index >= 15 is 0 Å². The van der Waals surface area contributed by atoms with Gasteiger partial charge in [0.2, 0.25) is 5.91 Å². The molecule has 21 heavy (non-hydrogen) atoms. The molecule has 3 N–H and O–H groups in total. The molecule has 108 valence electrons. The number of carboxylic acids is 1. The van der Waals surface area contributed by atoms with E-state index in [9.17, 15) is 14.7 Å². The maximum Gasteiger partial charge on any atom is 0.309 e. The number of aromatic hydroxyl groups is 1. The van der Waals surface area contributed by atoms with Gasteiger partial charge in [0.1, 0.15) is 5.75 Å². The molecule has 1 aromatic carbocycles. The predicted octanol–water partition coefficient (Wildman–Crippen LogP) is 1.60. The van der Waals surface area contributed by atoms with Crippen molar-refractivity contribution < 1.29 is 19.8 Å². The van der Waals surface area contributed by atoms with Crippen LogP contribution in [-0.2, 0) is 22.4 Å². The number of carbonyl (C=O) groups excluding carboxylic acids is 1. The minimum absolute atomic E-state index is 0.111. The summed E-state index contributed by atoms with van der Waals surface area (Å²) in [7, 11) is 0. The summed E-state index contributed by atoms with van der Waals surface area (Å²) < 4.78 is 0. The second-order valence-corrected chi connectivity index (χ2v) is 4.50. The highest BCUT2D eigenvalue weighted by Crippen LogP contribution is 2.12. The Balaban J connectivity index is 1.95. The van der Waals surface area contributed by atoms with Crippen LogP contribution in [0.5, 0.6) is 5.75 Å². The van der Waals surface area contributed by atoms with Gasteiger partial charge in [0.05, 0.1) is 30.4 Å². The Morgan fingerprint density at radius 3 is 2.57 bits per heavy atom. The summed E-state index contributed by atoms with van der Waals surface area (Å²) in [5, 5.41) is 20.6. The van der Waals surface area contributed by atoms with Gasteiger partial charge >= 0.3 is 5.97 Å². The van der Waals surface area contributed by atoms with Gasteiger partial charge in [-0.1, -0.05) is 12.1 Å². The van der Waals surface area contributed by atoms with Gasteiger partial charge in [-0.05, 0) is 29.8 Å². The first-order valence-corrected chi connectivity index (χ1v) is 6.27. The Morgan fingerprint density at radius 1 is 1.14 bits per heavy atom. The van der Waals surface area contributed by atoms with Crippen LogP contribution in [0.15, 0.2) is 42.6 Å². The van der Waals surface area contributed by atoms with E-state index in [0.717, 1.165) is 0 Å². The topological polar surface area (TPSA) is 99.5 Å². The van der Waals surface area contributed by atoms with Crippen molar-refractivity contribution in [2.45, 2.75) is 12.8 Å². The molecule has 1 heterocycles. The number of hydrogen-bond acceptors (Lipinski definition) is 4. The van der Waals surface area contributed by atoms with E-state index in [4.69, 9.17) is 5.11 Å². The van der Waals surface area contributed by atoms with Gasteiger partial charge in [-0.2, -0.15) is 0 Å². The highest BCUT2D eigenvalue weighted by Gasteiger charge is 2.06. The second kappa shape index (κ2) is 6.51. The van der Waals surface area contributed by atoms with E-state index in [1.54, 1.807) is 24.3 Å². The average Bonchev–Trinajstić information content (AvgIpc) is 2.40. The van der Waals surface area contributed by atoms with E-state index in [1.807, 2.05) is 0 Å². The van der Waals surface area contributed by atoms with Crippen LogP contribution >= 0.6 is 0 Å². The number of aliphatic carboxylic acids is 1. The van der Waals surface area contributed by atoms with E-state index in [0.29, 0.717) is 16.9 Å². The fourth-order valence-corrected chi connectivity index (χ4v) is 1.81. The second-order valence-electron chi connectivity index (χ2n) is 4.50. The van der Waals surface area contributed by atoms with Crippen LogP contribution in [0, 0.1) is 0 Å². The molecule has 6 nitrogen and oxygen atoms in total. The van der Waals surface area contributed by atoms with Crippen molar-refractivity contribution in [1.29, 1.82) is 0 Å². The lowest BCUT2D eigenvalue weighted by Crippen LogP contribution is -2.14. The SMILES string of the molecule is O=C(O)Cc1ccc(NC(=O)Cc2cccc(O)c2)cn1. The molecule has 0 fully saturated rings. The number of aromatic nitrogens is 1. The first-order valence-electron chi connectivity index (χ1n) is 6.27. The average molecular weight is 286 g/mol. The summed E-state index contributed by atoms with van der Waals surface area (Å²) in [6, 6.07) is 9.62. The maximum absolute atomic E-state index is 11.8. The van der Waals surface area contributed by atoms with E-state index in [2.05, 4.69) is 10.3 Å². The molecule has 0 saturated heterocycles. The van der Waals surface area contributed by atoms with Gasteiger partial charge in [0, 0.05) is 0 Å². The highest BCUT2D eigenvalue weighted by atomic mass is 16.4. The van der Waals surface area contributed by atoms with E-state index < -0.39 is 5.97 Å². The van der Waals surface area contributed by atoms with Crippen LogP contribution in [0.3, 0.4) is 0 Å². The minimum atomic E-state index is -0.955. The normalized spacial score (nSPS) is 10.1. The summed E-state index contributed by atoms with van der Waals surface area (Å²) >= 11 is 0. The number of phenolic OH excluding ortho intramolecular Hbond substituents is 1. The maximum atomic E-state index is 11.8. The quantitative estimate of drug-likeness (QED) is 0.775. The van der Waals surface area contributed by atoms with Gasteiger partial charge < -0.3 is 15.5 Å². The summed E-state index contributed by atoms with van der Waals surface area (Å²) in [6.07, 6.45) is 1.39. The van der Waals surface area contributed by atoms with Gasteiger partial charge in [0.25, 0.3) is 0 Å². The molecule has 1 amide bonds. The third kappa shape index (κ3) is 4.61. The smallest absolute Gasteiger partial charge is 0.309 e. The monoisotopic (exact) mass is 286 g/mol. The number of benzene rings is 1. The predicted molar refractivity (Wildman–Crippen MR) is 76.0 cm³/mol. The van der Waals surface area contributed by atoms with Crippen molar-refractivity contribution in [3.8, 4) is 5.75 Å². The first kappa shape index (κ1) is 14.5. The number of pyridine rings is 1. The van der Waals surface area contributed by atoms with Gasteiger partial charge in [-0.15, -0.1) is 0 Å². The van der Waals surface area contributed by atoms with Crippen molar-refractivity contribution in [2.75, 3.05) is 5.32 Å². The Labute approximate surface area is 121 Å². The Morgan fingerprint density at radius 2 is 1.95 bits per heavy atom. The molecule has 0 aliphatic heterocycles. The molecule has 0 aliphatic carbocycles. The van der Waals surface area contributed by atoms with Crippen molar-refractivity contribution in [1.82, 2.24) is 4.98 Å². The molecule has 0 aliphatic rings. The van der Waals surface area contributed by atoms with Crippen LogP contribution in [0.25, 0.3) is 0 Å². The van der Waals surface area contributed by atoms with Crippen LogP contribution < -0.4 is 5.32 Å². The standard InChI is InChI=1S/C15H14N2O4/c18-13-3-1-2-10(6-13)7-14(19)17-12-5-4-11(16-9-12)8-15(20)21/h1-6,9,18H,7-8H2,(H,17,19)(H,20,21). The van der Waals surface area contributed by atoms with Crippen LogP contribution in [0.2, 0.25) is 0 Å². The van der Waals surface area contributed by atoms with Gasteiger partial charge in [-0.3, -0.25) is 14.6 Å². The van der Waals surface area contributed by atoms with Crippen molar-refractivity contribution in [2.24, 2.45) is 0 Å². The first-order chi connectivity index (χ1) is 10.0. The zero-order chi connectivity index (χ0) is 15.2. The number of phenols is 1. The molecule has 0 radical (unpaired) electrons. The zero-order valence-electron chi connectivity index (χ0n) is 11.1. The summed E-state index contributed by atoms with van der Waals surface area (Å²) in [4.78, 5) is 26.3. The number of rotatable bonds is 5. The number of amides is 1. The molecule has 1 aromatic heterocycles. The third-order valence-corrected chi connectivity index (χ3v) is 2.72. The summed E-state index contributed by atoms with van der Waals surface area (Å²) in [5.41, 5.74) is 1.62.